The van der Waals surface area contributed by atoms with Crippen molar-refractivity contribution in [2.45, 2.75) is 20.8 Å². The van der Waals surface area contributed by atoms with Gasteiger partial charge in [-0.2, -0.15) is 0 Å². The van der Waals surface area contributed by atoms with E-state index in [1.54, 1.807) is 0 Å². The molecule has 18 heteroatoms. The van der Waals surface area contributed by atoms with Crippen LogP contribution in [0.1, 0.15) is 20.8 Å². The third kappa shape index (κ3) is 30.9. The van der Waals surface area contributed by atoms with Crippen LogP contribution in [-0.2, 0) is 39.9 Å². The van der Waals surface area contributed by atoms with E-state index >= 15 is 0 Å². The van der Waals surface area contributed by atoms with E-state index in [4.69, 9.17) is 34.7 Å². The first kappa shape index (κ1) is 57.2. The maximum Gasteiger partial charge on any atom is 1.00 e. The van der Waals surface area contributed by atoms with Crippen LogP contribution in [0.4, 0.5) is 25.2 Å². The summed E-state index contributed by atoms with van der Waals surface area (Å²) in [6, 6.07) is 44.1. The van der Waals surface area contributed by atoms with Gasteiger partial charge in [-0.3, -0.25) is 0 Å². The van der Waals surface area contributed by atoms with Gasteiger partial charge in [-0.05, 0) is 57.8 Å². The van der Waals surface area contributed by atoms with Crippen LogP contribution in [0.3, 0.4) is 0 Å². The topological polar surface area (TPSA) is 91.3 Å². The predicted octanol–water partition coefficient (Wildman–Crippen LogP) is 10.6. The second kappa shape index (κ2) is 30.8. The van der Waals surface area contributed by atoms with Crippen LogP contribution in [0.2, 0.25) is 0 Å². The zero-order valence-corrected chi connectivity index (χ0v) is 37.6. The van der Waals surface area contributed by atoms with E-state index in [9.17, 15) is 25.2 Å². The summed E-state index contributed by atoms with van der Waals surface area (Å²) in [4.78, 5) is 0. The molecular weight excluding hydrogens is 1000 g/mol. The third-order valence-corrected chi connectivity index (χ3v) is 12.6. The summed E-state index contributed by atoms with van der Waals surface area (Å²) >= 11 is 0. The van der Waals surface area contributed by atoms with E-state index in [-0.39, 0.29) is 44.4 Å². The van der Waals surface area contributed by atoms with Gasteiger partial charge in [0.2, 0.25) is 0 Å². The van der Waals surface area contributed by atoms with Crippen molar-refractivity contribution in [2.75, 3.05) is 25.7 Å². The number of rotatable bonds is 12. The van der Waals surface area contributed by atoms with Crippen molar-refractivity contribution in [3.05, 3.63) is 141 Å². The Morgan fingerprint density at radius 1 is 0.500 bits per heavy atom. The summed E-state index contributed by atoms with van der Waals surface area (Å²) < 4.78 is 89.6. The maximum absolute atomic E-state index is 10.7. The molecule has 0 aromatic heterocycles. The smallest absolute Gasteiger partial charge is 0.0622 e. The number of benzene rings is 4. The average molecular weight is 1040 g/mol. The average Bonchev–Trinajstić information content (AvgIpc) is 3.12. The van der Waals surface area contributed by atoms with Crippen molar-refractivity contribution in [2.24, 2.45) is 0 Å². The van der Waals surface area contributed by atoms with Crippen molar-refractivity contribution in [1.29, 1.82) is 5.26 Å². The molecule has 6 nitrogen and oxygen atoms in total. The van der Waals surface area contributed by atoms with Gasteiger partial charge >= 0.3 is 91.5 Å². The van der Waals surface area contributed by atoms with Gasteiger partial charge in [-0.15, -0.1) is 0 Å². The molecule has 1 radical (unpaired) electrons. The second-order valence-corrected chi connectivity index (χ2v) is 16.8. The molecule has 0 amide bonds. The normalized spacial score (nSPS) is 11.0. The van der Waals surface area contributed by atoms with Crippen LogP contribution < -0.4 is 21.2 Å². The van der Waals surface area contributed by atoms with Gasteiger partial charge in [0.05, 0.1) is 19.8 Å². The molecule has 0 heterocycles. The van der Waals surface area contributed by atoms with Crippen molar-refractivity contribution >= 4 is 80.8 Å². The SMILES string of the molecule is CCOP(OCC)OCC.F[P-](F)(F)(F)(F)F.[C-]#N.[C-]#[O+].[C-]#[O+].[Mn].[Tl+].c1ccc(P(CP(c2ccccc2)c2ccccc2)c2ccccc2)cc1. The van der Waals surface area contributed by atoms with E-state index in [0.717, 1.165) is 0 Å². The molecule has 0 bridgehead atoms. The molecular formula is C34H37F6MnNO5P4Tl-. The molecule has 0 aliphatic heterocycles. The van der Waals surface area contributed by atoms with Gasteiger partial charge in [0.1, 0.15) is 0 Å². The minimum Gasteiger partial charge on any atom is -0.0622 e. The zero-order valence-electron chi connectivity index (χ0n) is 28.4. The standard InChI is InChI=1S/C25H22P2.C6H15O3P.CN.2CO.F6P.Mn.Tl/c1-5-13-22(14-6-1)26(23-15-7-2-8-16-23)21-27(24-17-9-3-10-18-24)25-19-11-4-12-20-25;1-4-7-10(8-5-2)9-6-3;3*1-2;1-7(2,3,4,5)6;;/h1-20H,21H2;4-6H2,1-3H3;;;;;;/q;;-1;;;-1;;+1. The summed E-state index contributed by atoms with van der Waals surface area (Å²) in [5, 5.41) is 12.1. The van der Waals surface area contributed by atoms with Gasteiger partial charge in [0.15, 0.2) is 0 Å². The monoisotopic (exact) mass is 1040 g/mol. The molecule has 0 aliphatic carbocycles. The molecule has 52 heavy (non-hydrogen) atoms. The summed E-state index contributed by atoms with van der Waals surface area (Å²) in [5.41, 5.74) is 0. The first-order chi connectivity index (χ1) is 23.7. The molecule has 0 N–H and O–H groups in total. The maximum atomic E-state index is 9.87. The van der Waals surface area contributed by atoms with E-state index in [0.29, 0.717) is 19.8 Å². The minimum atomic E-state index is -10.7. The van der Waals surface area contributed by atoms with Gasteiger partial charge in [0, 0.05) is 23.0 Å². The zero-order chi connectivity index (χ0) is 38.5. The molecule has 0 atom stereocenters. The van der Waals surface area contributed by atoms with Crippen molar-refractivity contribution < 1.29 is 65.1 Å². The number of nitrogens with zero attached hydrogens (tertiary/aromatic N) is 1. The van der Waals surface area contributed by atoms with Gasteiger partial charge < -0.3 is 25.4 Å². The summed E-state index contributed by atoms with van der Waals surface area (Å²) in [6.07, 6.45) is 0. The third-order valence-electron chi connectivity index (χ3n) is 5.26. The van der Waals surface area contributed by atoms with Crippen LogP contribution in [0, 0.1) is 25.1 Å². The molecule has 0 unspecified atom stereocenters. The molecule has 0 fully saturated rings. The van der Waals surface area contributed by atoms with Gasteiger partial charge in [0.25, 0.3) is 0 Å². The fourth-order valence-corrected chi connectivity index (χ4v) is 11.0. The predicted molar refractivity (Wildman–Crippen MR) is 197 cm³/mol. The van der Waals surface area contributed by atoms with Gasteiger partial charge in [-0.25, -0.2) is 0 Å². The fourth-order valence-electron chi connectivity index (χ4n) is 3.63. The summed E-state index contributed by atoms with van der Waals surface area (Å²) in [6.45, 7) is 21.5. The van der Waals surface area contributed by atoms with Crippen LogP contribution in [-0.4, -0.2) is 53.0 Å². The van der Waals surface area contributed by atoms with E-state index in [2.05, 4.69) is 135 Å². The Hall–Kier alpha value is -1.53. The van der Waals surface area contributed by atoms with E-state index in [1.807, 2.05) is 20.8 Å². The Bertz CT molecular complexity index is 1290. The largest absolute Gasteiger partial charge is 1.00 e. The second-order valence-electron chi connectivity index (χ2n) is 8.77. The van der Waals surface area contributed by atoms with Crippen molar-refractivity contribution in [3.8, 4) is 0 Å². The quantitative estimate of drug-likeness (QED) is 0.0465. The number of halogens is 6. The van der Waals surface area contributed by atoms with Crippen LogP contribution in [0.15, 0.2) is 121 Å². The van der Waals surface area contributed by atoms with Crippen LogP contribution in [0.25, 0.3) is 0 Å². The molecule has 0 spiro atoms. The minimum absolute atomic E-state index is 0. The Balaban J connectivity index is -0.000000386. The van der Waals surface area contributed by atoms with Crippen LogP contribution in [0.5, 0.6) is 0 Å². The summed E-state index contributed by atoms with van der Waals surface area (Å²) in [7, 11) is -12.5. The van der Waals surface area contributed by atoms with Crippen molar-refractivity contribution in [1.82, 2.24) is 0 Å². The molecule has 0 saturated carbocycles. The Labute approximate surface area is 336 Å². The summed E-state index contributed by atoms with van der Waals surface area (Å²) in [5.74, 6) is 1.17. The molecule has 4 rings (SSSR count). The Morgan fingerprint density at radius 3 is 0.827 bits per heavy atom. The Morgan fingerprint density at radius 2 is 0.673 bits per heavy atom. The van der Waals surface area contributed by atoms with Crippen molar-refractivity contribution in [3.63, 3.8) is 0 Å². The molecule has 281 valence electrons. The number of hydrogen-bond acceptors (Lipinski definition) is 4. The van der Waals surface area contributed by atoms with E-state index in [1.165, 1.54) is 27.1 Å². The molecule has 0 aliphatic rings. The van der Waals surface area contributed by atoms with Crippen LogP contribution >= 0.6 is 32.3 Å². The fraction of sp³-hybridized carbons (Fsp3) is 0.206. The first-order valence-electron chi connectivity index (χ1n) is 14.4. The Kier molecular flexibility index (Phi) is 33.8. The first-order valence-corrected chi connectivity index (χ1v) is 20.5. The van der Waals surface area contributed by atoms with E-state index < -0.39 is 32.3 Å². The number of hydrogen-bond donors (Lipinski definition) is 0. The van der Waals surface area contributed by atoms with Gasteiger partial charge in [-0.1, -0.05) is 121 Å². The molecule has 4 aromatic rings. The molecule has 0 saturated heterocycles. The molecule has 4 aromatic carbocycles.